The topological polar surface area (TPSA) is 115 Å². The summed E-state index contributed by atoms with van der Waals surface area (Å²) < 4.78 is 27.0. The van der Waals surface area contributed by atoms with E-state index in [9.17, 15) is 18.5 Å². The van der Waals surface area contributed by atoms with Crippen molar-refractivity contribution in [3.05, 3.63) is 28.3 Å². The second-order valence-corrected chi connectivity index (χ2v) is 7.57. The molecule has 1 rings (SSSR count). The van der Waals surface area contributed by atoms with Crippen LogP contribution in [0.5, 0.6) is 0 Å². The first-order chi connectivity index (χ1) is 9.77. The molecule has 21 heavy (non-hydrogen) atoms. The molecular weight excluding hydrogens is 314 g/mol. The Labute approximate surface area is 128 Å². The molecule has 1 unspecified atom stereocenters. The molecule has 0 saturated heterocycles. The number of anilines is 1. The lowest BCUT2D eigenvalue weighted by Gasteiger charge is -2.14. The maximum atomic E-state index is 12.3. The van der Waals surface area contributed by atoms with Crippen molar-refractivity contribution in [3.8, 4) is 0 Å². The van der Waals surface area contributed by atoms with Gasteiger partial charge in [-0.05, 0) is 37.0 Å². The van der Waals surface area contributed by atoms with Crippen LogP contribution in [-0.4, -0.2) is 30.9 Å². The number of hydrogen-bond donors (Lipinski definition) is 2. The molecule has 1 atom stereocenters. The summed E-state index contributed by atoms with van der Waals surface area (Å²) >= 11 is 1.71. The number of thioether (sulfide) groups is 1. The molecule has 0 heterocycles. The molecule has 9 heteroatoms. The predicted octanol–water partition coefficient (Wildman–Crippen LogP) is 1.99. The molecule has 0 amide bonds. The highest BCUT2D eigenvalue weighted by Gasteiger charge is 2.27. The summed E-state index contributed by atoms with van der Waals surface area (Å²) in [6.07, 6.45) is 0.647. The molecule has 0 aliphatic carbocycles. The Morgan fingerprint density at radius 3 is 2.71 bits per heavy atom. The zero-order chi connectivity index (χ0) is 16.0. The molecule has 0 saturated carbocycles. The van der Waals surface area contributed by atoms with Gasteiger partial charge >= 0.3 is 0 Å². The number of hydrogen-bond acceptors (Lipinski definition) is 6. The van der Waals surface area contributed by atoms with Crippen LogP contribution >= 0.6 is 11.8 Å². The van der Waals surface area contributed by atoms with Crippen LogP contribution in [0, 0.1) is 10.1 Å². The summed E-state index contributed by atoms with van der Waals surface area (Å²) in [4.78, 5) is 9.81. The van der Waals surface area contributed by atoms with Crippen molar-refractivity contribution < 1.29 is 13.3 Å². The summed E-state index contributed by atoms with van der Waals surface area (Å²) in [5, 5.41) is 10.9. The summed E-state index contributed by atoms with van der Waals surface area (Å²) in [5.41, 5.74) is 5.22. The molecule has 1 aromatic carbocycles. The lowest BCUT2D eigenvalue weighted by Crippen LogP contribution is -2.33. The predicted molar refractivity (Wildman–Crippen MR) is 84.9 cm³/mol. The van der Waals surface area contributed by atoms with Crippen LogP contribution in [0.2, 0.25) is 0 Å². The van der Waals surface area contributed by atoms with Gasteiger partial charge in [0.1, 0.15) is 0 Å². The molecule has 0 spiro atoms. The van der Waals surface area contributed by atoms with Crippen LogP contribution in [0.1, 0.15) is 20.3 Å². The van der Waals surface area contributed by atoms with E-state index < -0.39 is 25.5 Å². The highest BCUT2D eigenvalue weighted by atomic mass is 32.2. The summed E-state index contributed by atoms with van der Waals surface area (Å²) in [5.74, 6) is 1.78. The molecule has 1 aromatic rings. The molecule has 0 aliphatic heterocycles. The highest BCUT2D eigenvalue weighted by molar-refractivity contribution is 7.99. The van der Waals surface area contributed by atoms with Gasteiger partial charge in [0.25, 0.3) is 5.69 Å². The molecule has 0 aliphatic rings. The van der Waals surface area contributed by atoms with E-state index in [1.54, 1.807) is 18.7 Å². The zero-order valence-corrected chi connectivity index (χ0v) is 13.5. The van der Waals surface area contributed by atoms with E-state index in [0.29, 0.717) is 6.42 Å². The fraction of sp³-hybridized carbons (Fsp3) is 0.500. The van der Waals surface area contributed by atoms with Crippen molar-refractivity contribution in [2.45, 2.75) is 31.2 Å². The number of nitrogens with one attached hydrogen (secondary N) is 1. The number of nitro groups is 1. The van der Waals surface area contributed by atoms with Crippen LogP contribution < -0.4 is 10.5 Å². The number of benzene rings is 1. The van der Waals surface area contributed by atoms with Gasteiger partial charge in [-0.25, -0.2) is 13.1 Å². The molecular formula is C12H19N3O4S2. The van der Waals surface area contributed by atoms with E-state index in [1.807, 2.05) is 6.92 Å². The molecule has 0 fully saturated rings. The van der Waals surface area contributed by atoms with Crippen LogP contribution in [-0.2, 0) is 10.0 Å². The summed E-state index contributed by atoms with van der Waals surface area (Å²) in [7, 11) is -3.98. The Morgan fingerprint density at radius 2 is 2.14 bits per heavy atom. The van der Waals surface area contributed by atoms with Crippen molar-refractivity contribution in [2.24, 2.45) is 0 Å². The smallest absolute Gasteiger partial charge is 0.289 e. The van der Waals surface area contributed by atoms with Gasteiger partial charge in [0, 0.05) is 17.8 Å². The van der Waals surface area contributed by atoms with Crippen molar-refractivity contribution in [1.29, 1.82) is 0 Å². The van der Waals surface area contributed by atoms with E-state index in [0.717, 1.165) is 23.6 Å². The number of nitrogens with zero attached hydrogens (tertiary/aromatic N) is 1. The van der Waals surface area contributed by atoms with E-state index in [-0.39, 0.29) is 11.7 Å². The van der Waals surface area contributed by atoms with Gasteiger partial charge in [-0.3, -0.25) is 10.1 Å². The van der Waals surface area contributed by atoms with E-state index >= 15 is 0 Å². The monoisotopic (exact) mass is 333 g/mol. The van der Waals surface area contributed by atoms with Crippen molar-refractivity contribution >= 4 is 33.2 Å². The van der Waals surface area contributed by atoms with Crippen molar-refractivity contribution in [3.63, 3.8) is 0 Å². The SMILES string of the molecule is CCSCCC(C)NS(=O)(=O)c1cc(N)ccc1[N+](=O)[O-]. The molecule has 118 valence electrons. The average Bonchev–Trinajstić information content (AvgIpc) is 2.38. The van der Waals surface area contributed by atoms with Crippen LogP contribution in [0.15, 0.2) is 23.1 Å². The Bertz CT molecular complexity index is 605. The number of nitro benzene ring substituents is 1. The average molecular weight is 333 g/mol. The highest BCUT2D eigenvalue weighted by Crippen LogP contribution is 2.26. The zero-order valence-electron chi connectivity index (χ0n) is 11.9. The van der Waals surface area contributed by atoms with Gasteiger partial charge in [-0.15, -0.1) is 0 Å². The van der Waals surface area contributed by atoms with Gasteiger partial charge in [-0.2, -0.15) is 11.8 Å². The molecule has 0 bridgehead atoms. The largest absolute Gasteiger partial charge is 0.399 e. The maximum Gasteiger partial charge on any atom is 0.289 e. The Balaban J connectivity index is 2.97. The first kappa shape index (κ1) is 17.7. The lowest BCUT2D eigenvalue weighted by atomic mass is 10.3. The van der Waals surface area contributed by atoms with Gasteiger partial charge in [-0.1, -0.05) is 6.92 Å². The van der Waals surface area contributed by atoms with Crippen LogP contribution in [0.3, 0.4) is 0 Å². The number of sulfonamides is 1. The minimum Gasteiger partial charge on any atom is -0.399 e. The third-order valence-corrected chi connectivity index (χ3v) is 5.28. The minimum absolute atomic E-state index is 0.162. The third-order valence-electron chi connectivity index (χ3n) is 2.73. The standard InChI is InChI=1S/C12H19N3O4S2/c1-3-20-7-6-9(2)14-21(18,19)12-8-10(13)4-5-11(12)15(16)17/h4-5,8-9,14H,3,6-7,13H2,1-2H3. The van der Waals surface area contributed by atoms with Crippen LogP contribution in [0.4, 0.5) is 11.4 Å². The normalized spacial score (nSPS) is 13.0. The first-order valence-electron chi connectivity index (χ1n) is 6.42. The molecule has 7 nitrogen and oxygen atoms in total. The fourth-order valence-corrected chi connectivity index (χ4v) is 3.98. The minimum atomic E-state index is -3.98. The summed E-state index contributed by atoms with van der Waals surface area (Å²) in [6, 6.07) is 3.20. The van der Waals surface area contributed by atoms with Gasteiger partial charge in [0.15, 0.2) is 4.90 Å². The Hall–Kier alpha value is -1.32. The number of nitrogen functional groups attached to an aromatic ring is 1. The van der Waals surface area contributed by atoms with Gasteiger partial charge in [0.2, 0.25) is 10.0 Å². The van der Waals surface area contributed by atoms with E-state index in [2.05, 4.69) is 4.72 Å². The quantitative estimate of drug-likeness (QED) is 0.325. The van der Waals surface area contributed by atoms with Gasteiger partial charge in [0.05, 0.1) is 4.92 Å². The molecule has 3 N–H and O–H groups in total. The van der Waals surface area contributed by atoms with Crippen molar-refractivity contribution in [2.75, 3.05) is 17.2 Å². The van der Waals surface area contributed by atoms with Gasteiger partial charge < -0.3 is 5.73 Å². The molecule has 0 radical (unpaired) electrons. The second-order valence-electron chi connectivity index (χ2n) is 4.49. The Kier molecular flexibility index (Phi) is 6.43. The third kappa shape index (κ3) is 5.18. The maximum absolute atomic E-state index is 12.3. The number of rotatable bonds is 8. The molecule has 0 aromatic heterocycles. The number of nitrogens with two attached hydrogens (primary N) is 1. The Morgan fingerprint density at radius 1 is 1.48 bits per heavy atom. The second kappa shape index (κ2) is 7.62. The van der Waals surface area contributed by atoms with E-state index in [1.165, 1.54) is 6.07 Å². The first-order valence-corrected chi connectivity index (χ1v) is 9.05. The summed E-state index contributed by atoms with van der Waals surface area (Å²) in [6.45, 7) is 3.75. The van der Waals surface area contributed by atoms with E-state index in [4.69, 9.17) is 5.73 Å². The lowest BCUT2D eigenvalue weighted by molar-refractivity contribution is -0.387. The van der Waals surface area contributed by atoms with Crippen molar-refractivity contribution in [1.82, 2.24) is 4.72 Å². The fourth-order valence-electron chi connectivity index (χ4n) is 1.69. The van der Waals surface area contributed by atoms with Crippen LogP contribution in [0.25, 0.3) is 0 Å².